The first-order valence-corrected chi connectivity index (χ1v) is 8.19. The molecule has 0 saturated heterocycles. The van der Waals surface area contributed by atoms with E-state index in [0.29, 0.717) is 19.0 Å². The van der Waals surface area contributed by atoms with Crippen molar-refractivity contribution < 1.29 is 13.2 Å². The summed E-state index contributed by atoms with van der Waals surface area (Å²) < 4.78 is 38.5. The largest absolute Gasteiger partial charge is 0.433 e. The van der Waals surface area contributed by atoms with Crippen LogP contribution < -0.4 is 10.6 Å². The minimum atomic E-state index is -4.48. The summed E-state index contributed by atoms with van der Waals surface area (Å²) in [6.45, 7) is 5.06. The number of thioether (sulfide) groups is 1. The Kier molecular flexibility index (Phi) is 7.07. The van der Waals surface area contributed by atoms with Crippen LogP contribution in [0.5, 0.6) is 0 Å². The Morgan fingerprint density at radius 3 is 2.57 bits per heavy atom. The van der Waals surface area contributed by atoms with Gasteiger partial charge >= 0.3 is 6.18 Å². The predicted molar refractivity (Wildman–Crippen MR) is 81.9 cm³/mol. The van der Waals surface area contributed by atoms with Gasteiger partial charge in [0, 0.05) is 19.2 Å². The van der Waals surface area contributed by atoms with Crippen LogP contribution in [-0.2, 0) is 6.18 Å². The van der Waals surface area contributed by atoms with Crippen molar-refractivity contribution in [2.45, 2.75) is 26.4 Å². The first-order chi connectivity index (χ1) is 9.86. The summed E-state index contributed by atoms with van der Waals surface area (Å²) in [4.78, 5) is 7.59. The Bertz CT molecular complexity index is 440. The van der Waals surface area contributed by atoms with E-state index in [1.807, 2.05) is 20.1 Å². The summed E-state index contributed by atoms with van der Waals surface area (Å²) >= 11 is 1.70. The first kappa shape index (κ1) is 17.9. The van der Waals surface area contributed by atoms with Crippen molar-refractivity contribution in [2.75, 3.05) is 35.7 Å². The lowest BCUT2D eigenvalue weighted by atomic mass is 10.2. The van der Waals surface area contributed by atoms with Gasteiger partial charge in [0.1, 0.15) is 5.82 Å². The van der Waals surface area contributed by atoms with Gasteiger partial charge in [0.05, 0.1) is 0 Å². The van der Waals surface area contributed by atoms with E-state index >= 15 is 0 Å². The summed E-state index contributed by atoms with van der Waals surface area (Å²) in [5.41, 5.74) is -0.934. The molecule has 0 saturated carbocycles. The van der Waals surface area contributed by atoms with Gasteiger partial charge in [-0.05, 0) is 24.3 Å². The molecule has 1 heterocycles. The quantitative estimate of drug-likeness (QED) is 0.764. The number of alkyl halides is 3. The highest BCUT2D eigenvalue weighted by molar-refractivity contribution is 7.98. The van der Waals surface area contributed by atoms with E-state index < -0.39 is 11.9 Å². The SMILES string of the molecule is CCCNc1nc(NCC(C)CSC)cc(C(F)(F)F)n1. The summed E-state index contributed by atoms with van der Waals surface area (Å²) in [7, 11) is 0. The zero-order valence-electron chi connectivity index (χ0n) is 12.4. The van der Waals surface area contributed by atoms with Gasteiger partial charge in [-0.15, -0.1) is 0 Å². The van der Waals surface area contributed by atoms with Crippen LogP contribution in [0.4, 0.5) is 24.9 Å². The number of aromatic nitrogens is 2. The number of hydrogen-bond donors (Lipinski definition) is 2. The second-order valence-electron chi connectivity index (χ2n) is 4.83. The molecule has 0 bridgehead atoms. The normalized spacial score (nSPS) is 13.0. The third-order valence-electron chi connectivity index (χ3n) is 2.63. The van der Waals surface area contributed by atoms with Gasteiger partial charge in [-0.25, -0.2) is 4.98 Å². The van der Waals surface area contributed by atoms with Crippen LogP contribution in [0, 0.1) is 5.92 Å². The molecule has 4 nitrogen and oxygen atoms in total. The third-order valence-corrected chi connectivity index (χ3v) is 3.53. The van der Waals surface area contributed by atoms with Crippen molar-refractivity contribution in [3.05, 3.63) is 11.8 Å². The number of nitrogens with one attached hydrogen (secondary N) is 2. The average Bonchev–Trinajstić information content (AvgIpc) is 2.42. The Balaban J connectivity index is 2.85. The zero-order valence-corrected chi connectivity index (χ0v) is 13.2. The van der Waals surface area contributed by atoms with Crippen LogP contribution in [0.2, 0.25) is 0 Å². The maximum absolute atomic E-state index is 12.8. The Labute approximate surface area is 127 Å². The molecule has 0 radical (unpaired) electrons. The van der Waals surface area contributed by atoms with Crippen LogP contribution in [-0.4, -0.2) is 35.1 Å². The fourth-order valence-corrected chi connectivity index (χ4v) is 2.31. The molecule has 1 unspecified atom stereocenters. The molecular formula is C13H21F3N4S. The van der Waals surface area contributed by atoms with Crippen LogP contribution in [0.3, 0.4) is 0 Å². The minimum Gasteiger partial charge on any atom is -0.370 e. The van der Waals surface area contributed by atoms with Gasteiger partial charge in [0.15, 0.2) is 5.69 Å². The molecule has 0 aromatic carbocycles. The fraction of sp³-hybridized carbons (Fsp3) is 0.692. The molecule has 2 N–H and O–H groups in total. The van der Waals surface area contributed by atoms with Crippen molar-refractivity contribution in [1.29, 1.82) is 0 Å². The molecule has 0 fully saturated rings. The van der Waals surface area contributed by atoms with E-state index in [-0.39, 0.29) is 11.8 Å². The average molecular weight is 322 g/mol. The fourth-order valence-electron chi connectivity index (χ4n) is 1.62. The van der Waals surface area contributed by atoms with Gasteiger partial charge in [-0.1, -0.05) is 13.8 Å². The third kappa shape index (κ3) is 6.41. The van der Waals surface area contributed by atoms with E-state index in [1.165, 1.54) is 0 Å². The van der Waals surface area contributed by atoms with E-state index in [0.717, 1.165) is 18.2 Å². The molecule has 0 spiro atoms. The highest BCUT2D eigenvalue weighted by Crippen LogP contribution is 2.29. The number of nitrogens with zero attached hydrogens (tertiary/aromatic N) is 2. The Morgan fingerprint density at radius 2 is 2.00 bits per heavy atom. The number of anilines is 2. The monoisotopic (exact) mass is 322 g/mol. The van der Waals surface area contributed by atoms with Crippen molar-refractivity contribution in [3.8, 4) is 0 Å². The van der Waals surface area contributed by atoms with Crippen molar-refractivity contribution >= 4 is 23.5 Å². The topological polar surface area (TPSA) is 49.8 Å². The Hall–Kier alpha value is -1.18. The van der Waals surface area contributed by atoms with Crippen LogP contribution in [0.15, 0.2) is 6.07 Å². The maximum Gasteiger partial charge on any atom is 0.433 e. The predicted octanol–water partition coefficient (Wildman–Crippen LogP) is 3.73. The van der Waals surface area contributed by atoms with Crippen molar-refractivity contribution in [3.63, 3.8) is 0 Å². The minimum absolute atomic E-state index is 0.00620. The summed E-state index contributed by atoms with van der Waals surface area (Å²) in [6, 6.07) is 0.947. The molecular weight excluding hydrogens is 301 g/mol. The van der Waals surface area contributed by atoms with Crippen LogP contribution >= 0.6 is 11.8 Å². The highest BCUT2D eigenvalue weighted by atomic mass is 32.2. The van der Waals surface area contributed by atoms with Gasteiger partial charge < -0.3 is 10.6 Å². The molecule has 1 atom stereocenters. The lowest BCUT2D eigenvalue weighted by molar-refractivity contribution is -0.141. The second-order valence-corrected chi connectivity index (χ2v) is 5.74. The van der Waals surface area contributed by atoms with Crippen LogP contribution in [0.25, 0.3) is 0 Å². The molecule has 0 aliphatic carbocycles. The standard InChI is InChI=1S/C13H21F3N4S/c1-4-5-17-12-19-10(13(14,15)16)6-11(20-12)18-7-9(2)8-21-3/h6,9H,4-5,7-8H2,1-3H3,(H2,17,18,19,20). The molecule has 1 aromatic heterocycles. The van der Waals surface area contributed by atoms with Gasteiger partial charge in [-0.2, -0.15) is 29.9 Å². The van der Waals surface area contributed by atoms with Gasteiger partial charge in [-0.3, -0.25) is 0 Å². The zero-order chi connectivity index (χ0) is 15.9. The summed E-state index contributed by atoms with van der Waals surface area (Å²) in [6.07, 6.45) is -1.70. The smallest absolute Gasteiger partial charge is 0.370 e. The molecule has 0 aliphatic heterocycles. The summed E-state index contributed by atoms with van der Waals surface area (Å²) in [5, 5.41) is 5.75. The van der Waals surface area contributed by atoms with Crippen molar-refractivity contribution in [2.24, 2.45) is 5.92 Å². The van der Waals surface area contributed by atoms with E-state index in [4.69, 9.17) is 0 Å². The molecule has 1 rings (SSSR count). The second kappa shape index (κ2) is 8.31. The van der Waals surface area contributed by atoms with Crippen molar-refractivity contribution in [1.82, 2.24) is 9.97 Å². The van der Waals surface area contributed by atoms with E-state index in [1.54, 1.807) is 11.8 Å². The number of hydrogen-bond acceptors (Lipinski definition) is 5. The molecule has 8 heteroatoms. The van der Waals surface area contributed by atoms with E-state index in [2.05, 4.69) is 20.6 Å². The molecule has 0 aliphatic rings. The molecule has 0 amide bonds. The summed E-state index contributed by atoms with van der Waals surface area (Å²) in [5.74, 6) is 1.48. The van der Waals surface area contributed by atoms with Gasteiger partial charge in [0.2, 0.25) is 5.95 Å². The molecule has 1 aromatic rings. The molecule has 120 valence electrons. The lowest BCUT2D eigenvalue weighted by Crippen LogP contribution is -2.17. The van der Waals surface area contributed by atoms with Gasteiger partial charge in [0.25, 0.3) is 0 Å². The van der Waals surface area contributed by atoms with E-state index in [9.17, 15) is 13.2 Å². The Morgan fingerprint density at radius 1 is 1.29 bits per heavy atom. The lowest BCUT2D eigenvalue weighted by Gasteiger charge is -2.14. The van der Waals surface area contributed by atoms with Crippen LogP contribution in [0.1, 0.15) is 26.0 Å². The highest BCUT2D eigenvalue weighted by Gasteiger charge is 2.33. The first-order valence-electron chi connectivity index (χ1n) is 6.79. The number of rotatable bonds is 8. The molecule has 21 heavy (non-hydrogen) atoms. The maximum atomic E-state index is 12.8. The number of halogens is 3.